The van der Waals surface area contributed by atoms with Crippen molar-refractivity contribution < 1.29 is 44.0 Å². The fraction of sp³-hybridized carbons (Fsp3) is 0.440. The molecule has 4 rings (SSSR count). The second kappa shape index (κ2) is 8.32. The molecule has 0 nitrogen and oxygen atoms in total. The number of hydrogen-bond donors (Lipinski definition) is 0. The van der Waals surface area contributed by atoms with Crippen molar-refractivity contribution in [2.24, 2.45) is 0 Å². The largest absolute Gasteiger partial charge is 1.00 e. The molecule has 4 heteroatoms. The van der Waals surface area contributed by atoms with Crippen LogP contribution in [0.15, 0.2) is 71.5 Å². The molecule has 1 aromatic rings. The van der Waals surface area contributed by atoms with Gasteiger partial charge in [0.1, 0.15) is 0 Å². The van der Waals surface area contributed by atoms with Crippen molar-refractivity contribution in [3.05, 3.63) is 77.1 Å². The predicted octanol–water partition coefficient (Wildman–Crippen LogP) is 0.868. The number of allylic oxidation sites excluding steroid dienone is 8. The molecule has 2 aliphatic carbocycles. The van der Waals surface area contributed by atoms with Crippen molar-refractivity contribution >= 4 is 8.80 Å². The molecule has 2 unspecified atom stereocenters. The molecule has 0 aromatic heterocycles. The Labute approximate surface area is 200 Å². The van der Waals surface area contributed by atoms with Gasteiger partial charge in [0.2, 0.25) is 0 Å². The molecule has 1 aliphatic heterocycles. The summed E-state index contributed by atoms with van der Waals surface area (Å²) in [5, 5.41) is 0.711. The molecule has 1 heterocycles. The van der Waals surface area contributed by atoms with Crippen molar-refractivity contribution in [1.29, 1.82) is 0 Å². The van der Waals surface area contributed by atoms with E-state index in [4.69, 9.17) is 0 Å². The molecule has 1 aromatic carbocycles. The van der Waals surface area contributed by atoms with E-state index in [1.807, 2.05) is 7.76 Å². The summed E-state index contributed by atoms with van der Waals surface area (Å²) in [5.74, 6) is 0. The van der Waals surface area contributed by atoms with Crippen LogP contribution < -0.4 is 24.8 Å². The Balaban J connectivity index is 0.00000150. The van der Waals surface area contributed by atoms with Crippen molar-refractivity contribution in [2.75, 3.05) is 0 Å². The normalized spacial score (nSPS) is 30.4. The fourth-order valence-electron chi connectivity index (χ4n) is 6.15. The van der Waals surface area contributed by atoms with Crippen molar-refractivity contribution in [1.82, 2.24) is 0 Å². The Bertz CT molecular complexity index is 912. The zero-order valence-corrected chi connectivity index (χ0v) is 23.2. The van der Waals surface area contributed by atoms with Crippen LogP contribution >= 0.6 is 0 Å². The van der Waals surface area contributed by atoms with Crippen LogP contribution in [-0.2, 0) is 25.2 Å². The summed E-state index contributed by atoms with van der Waals surface area (Å²) in [7, 11) is -1.27. The van der Waals surface area contributed by atoms with Gasteiger partial charge in [0, 0.05) is 0 Å². The maximum atomic E-state index is 2.64. The second-order valence-electron chi connectivity index (χ2n) is 9.27. The van der Waals surface area contributed by atoms with Crippen LogP contribution in [0.4, 0.5) is 0 Å². The average Bonchev–Trinajstić information content (AvgIpc) is 2.94. The van der Waals surface area contributed by atoms with Crippen LogP contribution in [0.2, 0.25) is 10.1 Å². The number of benzene rings is 1. The molecule has 1 saturated heterocycles. The summed E-state index contributed by atoms with van der Waals surface area (Å²) >= 11 is -0.223. The SMILES string of the molecule is CC1=C(C)C2(C)[C](=C1C)[Ti+2][C]1=C(C)C(C)=C(C)C1(C)[SiH]2Cc1ccccc1.[Cl-].[Cl-]. The van der Waals surface area contributed by atoms with Crippen LogP contribution in [-0.4, -0.2) is 8.80 Å². The third-order valence-electron chi connectivity index (χ3n) is 8.52. The van der Waals surface area contributed by atoms with E-state index in [-0.39, 0.29) is 44.0 Å². The van der Waals surface area contributed by atoms with Gasteiger partial charge in [0.25, 0.3) is 0 Å². The average molecular weight is 479 g/mol. The zero-order chi connectivity index (χ0) is 19.7. The summed E-state index contributed by atoms with van der Waals surface area (Å²) in [6, 6.07) is 12.6. The van der Waals surface area contributed by atoms with Gasteiger partial charge in [-0.15, -0.1) is 0 Å². The van der Waals surface area contributed by atoms with E-state index in [2.05, 4.69) is 85.7 Å². The van der Waals surface area contributed by atoms with Crippen LogP contribution in [0.1, 0.15) is 61.0 Å². The minimum absolute atomic E-state index is 0. The molecule has 1 fully saturated rings. The number of fused-ring (bicyclic) bond motifs is 2. The Morgan fingerprint density at radius 1 is 0.690 bits per heavy atom. The van der Waals surface area contributed by atoms with Gasteiger partial charge in [-0.2, -0.15) is 0 Å². The number of halogens is 2. The minimum Gasteiger partial charge on any atom is -1.00 e. The number of hydrogen-bond acceptors (Lipinski definition) is 0. The third kappa shape index (κ3) is 3.19. The molecule has 3 aliphatic rings. The standard InChI is InChI=1S/C25H32Si.2ClH.Ti/c1-17-14-24(7,21(5)19(17)3)26(16-23-12-10-9-11-13-23)25(8)15-18(2)20(4)22(25)6;;;/h9-13,26H,16H2,1-8H3;2*1H;/q;;;+2/p-2. The van der Waals surface area contributed by atoms with Gasteiger partial charge in [-0.25, -0.2) is 0 Å². The minimum atomic E-state index is -1.27. The zero-order valence-electron chi connectivity index (χ0n) is 18.9. The molecular weight excluding hydrogens is 447 g/mol. The van der Waals surface area contributed by atoms with Gasteiger partial charge in [-0.1, -0.05) is 0 Å². The van der Waals surface area contributed by atoms with Crippen LogP contribution in [0.25, 0.3) is 0 Å². The summed E-state index contributed by atoms with van der Waals surface area (Å²) in [6.45, 7) is 19.8. The Morgan fingerprint density at radius 2 is 1.10 bits per heavy atom. The molecule has 0 N–H and O–H groups in total. The predicted molar refractivity (Wildman–Crippen MR) is 116 cm³/mol. The molecule has 154 valence electrons. The molecule has 29 heavy (non-hydrogen) atoms. The maximum absolute atomic E-state index is 2.64. The quantitative estimate of drug-likeness (QED) is 0.553. The first kappa shape index (κ1) is 25.0. The first-order valence-electron chi connectivity index (χ1n) is 10.2. The van der Waals surface area contributed by atoms with Gasteiger partial charge >= 0.3 is 177 Å². The third-order valence-corrected chi connectivity index (χ3v) is 18.1. The summed E-state index contributed by atoms with van der Waals surface area (Å²) in [5.41, 5.74) is 11.4. The summed E-state index contributed by atoms with van der Waals surface area (Å²) < 4.78 is 3.75. The fourth-order valence-corrected chi connectivity index (χ4v) is 16.7. The van der Waals surface area contributed by atoms with Gasteiger partial charge in [0.05, 0.1) is 0 Å². The van der Waals surface area contributed by atoms with Crippen LogP contribution in [0, 0.1) is 0 Å². The topological polar surface area (TPSA) is 0 Å². The van der Waals surface area contributed by atoms with E-state index in [0.717, 1.165) is 0 Å². The molecule has 0 amide bonds. The van der Waals surface area contributed by atoms with Crippen LogP contribution in [0.3, 0.4) is 0 Å². The Kier molecular flexibility index (Phi) is 7.16. The van der Waals surface area contributed by atoms with Crippen molar-refractivity contribution in [2.45, 2.75) is 71.5 Å². The maximum Gasteiger partial charge on any atom is -1.00 e. The monoisotopic (exact) mass is 478 g/mol. The van der Waals surface area contributed by atoms with Crippen molar-refractivity contribution in [3.8, 4) is 0 Å². The Hall–Kier alpha value is -0.309. The van der Waals surface area contributed by atoms with Gasteiger partial charge in [-0.05, 0) is 0 Å². The van der Waals surface area contributed by atoms with E-state index < -0.39 is 8.80 Å². The summed E-state index contributed by atoms with van der Waals surface area (Å²) in [4.78, 5) is 0. The molecule has 0 bridgehead atoms. The molecule has 0 saturated carbocycles. The molecular formula is C25H32Cl2SiTi. The smallest absolute Gasteiger partial charge is 1.00 e. The van der Waals surface area contributed by atoms with Gasteiger partial charge in [-0.3, -0.25) is 0 Å². The van der Waals surface area contributed by atoms with Gasteiger partial charge < -0.3 is 24.8 Å². The van der Waals surface area contributed by atoms with E-state index in [1.54, 1.807) is 39.0 Å². The van der Waals surface area contributed by atoms with E-state index in [1.165, 1.54) is 6.04 Å². The van der Waals surface area contributed by atoms with Gasteiger partial charge in [0.15, 0.2) is 0 Å². The second-order valence-corrected chi connectivity index (χ2v) is 15.0. The van der Waals surface area contributed by atoms with Crippen molar-refractivity contribution in [3.63, 3.8) is 0 Å². The first-order chi connectivity index (χ1) is 12.6. The van der Waals surface area contributed by atoms with E-state index in [0.29, 0.717) is 10.1 Å². The Morgan fingerprint density at radius 3 is 1.52 bits per heavy atom. The molecule has 0 radical (unpaired) electrons. The summed E-state index contributed by atoms with van der Waals surface area (Å²) in [6.07, 6.45) is 0. The number of rotatable bonds is 2. The van der Waals surface area contributed by atoms with E-state index >= 15 is 0 Å². The van der Waals surface area contributed by atoms with E-state index in [9.17, 15) is 0 Å². The first-order valence-corrected chi connectivity index (χ1v) is 13.8. The molecule has 2 atom stereocenters. The van der Waals surface area contributed by atoms with Crippen LogP contribution in [0.5, 0.6) is 0 Å². The molecule has 0 spiro atoms.